The molecule has 1 N–H and O–H groups in total. The van der Waals surface area contributed by atoms with Crippen LogP contribution >= 0.6 is 11.3 Å². The lowest BCUT2D eigenvalue weighted by Gasteiger charge is -2.05. The highest BCUT2D eigenvalue weighted by Crippen LogP contribution is 2.28. The third kappa shape index (κ3) is 3.64. The number of nitrogens with one attached hydrogen (secondary N) is 1. The molecule has 0 bridgehead atoms. The van der Waals surface area contributed by atoms with Crippen LogP contribution in [0.4, 0.5) is 4.39 Å². The Kier molecular flexibility index (Phi) is 4.32. The van der Waals surface area contributed by atoms with E-state index < -0.39 is 0 Å². The Labute approximate surface area is 116 Å². The lowest BCUT2D eigenvalue weighted by Crippen LogP contribution is -2.26. The molecule has 0 saturated carbocycles. The van der Waals surface area contributed by atoms with Gasteiger partial charge in [0.1, 0.15) is 5.82 Å². The molecule has 0 aliphatic rings. The molecule has 1 aromatic carbocycles. The maximum absolute atomic E-state index is 12.9. The van der Waals surface area contributed by atoms with Crippen molar-refractivity contribution in [2.24, 2.45) is 5.92 Å². The summed E-state index contributed by atoms with van der Waals surface area (Å²) in [5.74, 6) is 0.128. The minimum atomic E-state index is -0.254. The van der Waals surface area contributed by atoms with E-state index in [9.17, 15) is 9.18 Å². The van der Waals surface area contributed by atoms with Crippen LogP contribution in [0.5, 0.6) is 0 Å². The van der Waals surface area contributed by atoms with Crippen molar-refractivity contribution in [1.29, 1.82) is 0 Å². The van der Waals surface area contributed by atoms with Crippen LogP contribution in [0.15, 0.2) is 36.4 Å². The quantitative estimate of drug-likeness (QED) is 0.901. The zero-order chi connectivity index (χ0) is 13.8. The number of benzene rings is 1. The van der Waals surface area contributed by atoms with Crippen molar-refractivity contribution in [2.45, 2.75) is 13.8 Å². The van der Waals surface area contributed by atoms with E-state index in [2.05, 4.69) is 19.2 Å². The van der Waals surface area contributed by atoms with Crippen molar-refractivity contribution in [1.82, 2.24) is 5.32 Å². The van der Waals surface area contributed by atoms with Crippen molar-refractivity contribution in [3.8, 4) is 10.4 Å². The third-order valence-corrected chi connectivity index (χ3v) is 3.76. The molecule has 2 aromatic rings. The second kappa shape index (κ2) is 5.97. The Hall–Kier alpha value is -1.68. The van der Waals surface area contributed by atoms with E-state index in [-0.39, 0.29) is 11.7 Å². The molecule has 1 heterocycles. The third-order valence-electron chi connectivity index (χ3n) is 2.63. The molecule has 0 aliphatic carbocycles. The Morgan fingerprint density at radius 2 is 1.89 bits per heavy atom. The molecule has 2 nitrogen and oxygen atoms in total. The van der Waals surface area contributed by atoms with Crippen molar-refractivity contribution < 1.29 is 9.18 Å². The number of carbonyl (C=O) groups is 1. The maximum atomic E-state index is 12.9. The fourth-order valence-corrected chi connectivity index (χ4v) is 2.54. The van der Waals surface area contributed by atoms with Crippen LogP contribution in [0.25, 0.3) is 10.4 Å². The predicted octanol–water partition coefficient (Wildman–Crippen LogP) is 3.94. The Morgan fingerprint density at radius 1 is 1.21 bits per heavy atom. The molecule has 1 aromatic heterocycles. The first-order valence-electron chi connectivity index (χ1n) is 6.20. The molecule has 0 unspecified atom stereocenters. The summed E-state index contributed by atoms with van der Waals surface area (Å²) in [5, 5.41) is 2.88. The van der Waals surface area contributed by atoms with Gasteiger partial charge in [0, 0.05) is 11.4 Å². The van der Waals surface area contributed by atoms with Gasteiger partial charge in [-0.3, -0.25) is 4.79 Å². The fraction of sp³-hybridized carbons (Fsp3) is 0.267. The van der Waals surface area contributed by atoms with Crippen LogP contribution in [0, 0.1) is 11.7 Å². The second-order valence-corrected chi connectivity index (χ2v) is 5.86. The molecule has 1 amide bonds. The average molecular weight is 277 g/mol. The van der Waals surface area contributed by atoms with Gasteiger partial charge >= 0.3 is 0 Å². The van der Waals surface area contributed by atoms with E-state index >= 15 is 0 Å². The van der Waals surface area contributed by atoms with Crippen molar-refractivity contribution in [3.63, 3.8) is 0 Å². The van der Waals surface area contributed by atoms with Gasteiger partial charge in [0.2, 0.25) is 0 Å². The minimum Gasteiger partial charge on any atom is -0.351 e. The van der Waals surface area contributed by atoms with Crippen LogP contribution in [0.3, 0.4) is 0 Å². The summed E-state index contributed by atoms with van der Waals surface area (Å²) in [7, 11) is 0. The Bertz CT molecular complexity index is 560. The number of rotatable bonds is 4. The zero-order valence-corrected chi connectivity index (χ0v) is 11.8. The number of amides is 1. The molecule has 100 valence electrons. The van der Waals surface area contributed by atoms with Gasteiger partial charge < -0.3 is 5.32 Å². The molecule has 0 saturated heterocycles. The van der Waals surface area contributed by atoms with Gasteiger partial charge in [-0.25, -0.2) is 4.39 Å². The zero-order valence-electron chi connectivity index (χ0n) is 10.9. The standard InChI is InChI=1S/C15H16FNOS/c1-10(2)9-17-15(18)14-8-7-13(19-14)11-3-5-12(16)6-4-11/h3-8,10H,9H2,1-2H3,(H,17,18). The van der Waals surface area contributed by atoms with Crippen LogP contribution in [-0.2, 0) is 0 Å². The van der Waals surface area contributed by atoms with Gasteiger partial charge in [0.25, 0.3) is 5.91 Å². The number of hydrogen-bond acceptors (Lipinski definition) is 2. The molecule has 0 fully saturated rings. The largest absolute Gasteiger partial charge is 0.351 e. The summed E-state index contributed by atoms with van der Waals surface area (Å²) in [6, 6.07) is 9.98. The first-order chi connectivity index (χ1) is 9.06. The predicted molar refractivity (Wildman–Crippen MR) is 76.9 cm³/mol. The van der Waals surface area contributed by atoms with Crippen molar-refractivity contribution in [2.75, 3.05) is 6.54 Å². The lowest BCUT2D eigenvalue weighted by molar-refractivity contribution is 0.0953. The highest BCUT2D eigenvalue weighted by molar-refractivity contribution is 7.17. The van der Waals surface area contributed by atoms with Gasteiger partial charge in [-0.15, -0.1) is 11.3 Å². The molecule has 0 atom stereocenters. The smallest absolute Gasteiger partial charge is 0.261 e. The van der Waals surface area contributed by atoms with Crippen molar-refractivity contribution >= 4 is 17.2 Å². The summed E-state index contributed by atoms with van der Waals surface area (Å²) in [4.78, 5) is 13.5. The molecule has 4 heteroatoms. The summed E-state index contributed by atoms with van der Waals surface area (Å²) in [5.41, 5.74) is 0.925. The maximum Gasteiger partial charge on any atom is 0.261 e. The van der Waals surface area contributed by atoms with E-state index in [1.165, 1.54) is 23.5 Å². The summed E-state index contributed by atoms with van der Waals surface area (Å²) in [6.45, 7) is 4.78. The van der Waals surface area contributed by atoms with E-state index in [4.69, 9.17) is 0 Å². The van der Waals surface area contributed by atoms with E-state index in [0.717, 1.165) is 10.4 Å². The van der Waals surface area contributed by atoms with Gasteiger partial charge in [-0.1, -0.05) is 26.0 Å². The molecular formula is C15H16FNOS. The van der Waals surface area contributed by atoms with Crippen LogP contribution < -0.4 is 5.32 Å². The van der Waals surface area contributed by atoms with E-state index in [1.54, 1.807) is 18.2 Å². The van der Waals surface area contributed by atoms with E-state index in [0.29, 0.717) is 17.3 Å². The molecule has 19 heavy (non-hydrogen) atoms. The number of halogens is 1. The number of carbonyl (C=O) groups excluding carboxylic acids is 1. The molecule has 0 spiro atoms. The number of hydrogen-bond donors (Lipinski definition) is 1. The second-order valence-electron chi connectivity index (χ2n) is 4.77. The van der Waals surface area contributed by atoms with E-state index in [1.807, 2.05) is 6.07 Å². The summed E-state index contributed by atoms with van der Waals surface area (Å²) < 4.78 is 12.9. The molecule has 0 aliphatic heterocycles. The fourth-order valence-electron chi connectivity index (χ4n) is 1.61. The highest BCUT2D eigenvalue weighted by atomic mass is 32.1. The van der Waals surface area contributed by atoms with Gasteiger partial charge in [0.15, 0.2) is 0 Å². The normalized spacial score (nSPS) is 10.7. The van der Waals surface area contributed by atoms with Gasteiger partial charge in [0.05, 0.1) is 4.88 Å². The molecular weight excluding hydrogens is 261 g/mol. The summed E-state index contributed by atoms with van der Waals surface area (Å²) in [6.07, 6.45) is 0. The first kappa shape index (κ1) is 13.7. The number of thiophene rings is 1. The van der Waals surface area contributed by atoms with Crippen molar-refractivity contribution in [3.05, 3.63) is 47.1 Å². The van der Waals surface area contributed by atoms with Gasteiger partial charge in [-0.05, 0) is 35.7 Å². The topological polar surface area (TPSA) is 29.1 Å². The molecule has 2 rings (SSSR count). The Balaban J connectivity index is 2.10. The Morgan fingerprint density at radius 3 is 2.53 bits per heavy atom. The molecule has 0 radical (unpaired) electrons. The monoisotopic (exact) mass is 277 g/mol. The van der Waals surface area contributed by atoms with Crippen LogP contribution in [0.1, 0.15) is 23.5 Å². The lowest BCUT2D eigenvalue weighted by atomic mass is 10.2. The average Bonchev–Trinajstić information content (AvgIpc) is 2.86. The SMILES string of the molecule is CC(C)CNC(=O)c1ccc(-c2ccc(F)cc2)s1. The minimum absolute atomic E-state index is 0.0490. The summed E-state index contributed by atoms with van der Waals surface area (Å²) >= 11 is 1.42. The highest BCUT2D eigenvalue weighted by Gasteiger charge is 2.10. The van der Waals surface area contributed by atoms with Crippen LogP contribution in [0.2, 0.25) is 0 Å². The van der Waals surface area contributed by atoms with Crippen LogP contribution in [-0.4, -0.2) is 12.5 Å². The van der Waals surface area contributed by atoms with Gasteiger partial charge in [-0.2, -0.15) is 0 Å². The first-order valence-corrected chi connectivity index (χ1v) is 7.02.